The Morgan fingerprint density at radius 2 is 1.80 bits per heavy atom. The predicted molar refractivity (Wildman–Crippen MR) is 86.3 cm³/mol. The zero-order valence-electron chi connectivity index (χ0n) is 11.1. The van der Waals surface area contributed by atoms with Gasteiger partial charge in [0.05, 0.1) is 10.6 Å². The zero-order chi connectivity index (χ0) is 14.8. The van der Waals surface area contributed by atoms with E-state index in [0.717, 1.165) is 21.8 Å². The highest BCUT2D eigenvalue weighted by molar-refractivity contribution is 7.92. The fourth-order valence-corrected chi connectivity index (χ4v) is 3.28. The number of rotatable bonds is 5. The number of sulfonamides is 1. The van der Waals surface area contributed by atoms with Crippen molar-refractivity contribution in [2.75, 3.05) is 16.3 Å². The summed E-state index contributed by atoms with van der Waals surface area (Å²) >= 11 is 7.42. The summed E-state index contributed by atoms with van der Waals surface area (Å²) in [6.07, 6.45) is 1.13. The SMILES string of the molecule is CC(Nc1ccc(NS(C)(=O)=O)cc1)c1csc(Cl)c1. The lowest BCUT2D eigenvalue weighted by Gasteiger charge is -2.14. The summed E-state index contributed by atoms with van der Waals surface area (Å²) in [6.45, 7) is 2.04. The van der Waals surface area contributed by atoms with E-state index in [9.17, 15) is 8.42 Å². The molecule has 1 atom stereocenters. The van der Waals surface area contributed by atoms with Crippen LogP contribution in [0.4, 0.5) is 11.4 Å². The summed E-state index contributed by atoms with van der Waals surface area (Å²) in [5.74, 6) is 0. The Morgan fingerprint density at radius 3 is 2.30 bits per heavy atom. The summed E-state index contributed by atoms with van der Waals surface area (Å²) < 4.78 is 25.4. The Balaban J connectivity index is 2.03. The molecule has 1 unspecified atom stereocenters. The third-order valence-corrected chi connectivity index (χ3v) is 4.37. The van der Waals surface area contributed by atoms with Crippen molar-refractivity contribution in [3.05, 3.63) is 45.6 Å². The summed E-state index contributed by atoms with van der Waals surface area (Å²) in [5.41, 5.74) is 2.58. The molecule has 20 heavy (non-hydrogen) atoms. The maximum atomic E-state index is 11.1. The molecular formula is C13H15ClN2O2S2. The molecular weight excluding hydrogens is 316 g/mol. The van der Waals surface area contributed by atoms with Crippen LogP contribution in [0.2, 0.25) is 4.34 Å². The highest BCUT2D eigenvalue weighted by Gasteiger charge is 2.08. The van der Waals surface area contributed by atoms with Crippen LogP contribution >= 0.6 is 22.9 Å². The quantitative estimate of drug-likeness (QED) is 0.872. The van der Waals surface area contributed by atoms with E-state index in [1.54, 1.807) is 12.1 Å². The molecule has 2 rings (SSSR count). The second kappa shape index (κ2) is 6.03. The molecule has 0 radical (unpaired) electrons. The number of nitrogens with one attached hydrogen (secondary N) is 2. The Morgan fingerprint density at radius 1 is 1.20 bits per heavy atom. The van der Waals surface area contributed by atoms with Gasteiger partial charge < -0.3 is 5.32 Å². The molecule has 0 spiro atoms. The van der Waals surface area contributed by atoms with Gasteiger partial charge in [0.2, 0.25) is 10.0 Å². The Kier molecular flexibility index (Phi) is 4.57. The molecule has 1 heterocycles. The normalized spacial score (nSPS) is 12.9. The summed E-state index contributed by atoms with van der Waals surface area (Å²) in [4.78, 5) is 0. The largest absolute Gasteiger partial charge is 0.378 e. The van der Waals surface area contributed by atoms with Crippen molar-refractivity contribution in [3.8, 4) is 0 Å². The molecule has 7 heteroatoms. The Labute approximate surface area is 127 Å². The second-order valence-corrected chi connectivity index (χ2v) is 7.79. The molecule has 0 saturated heterocycles. The molecule has 0 aliphatic carbocycles. The third kappa shape index (κ3) is 4.40. The van der Waals surface area contributed by atoms with Crippen molar-refractivity contribution in [2.45, 2.75) is 13.0 Å². The molecule has 0 bridgehead atoms. The highest BCUT2D eigenvalue weighted by Crippen LogP contribution is 2.27. The van der Waals surface area contributed by atoms with E-state index in [1.165, 1.54) is 11.3 Å². The van der Waals surface area contributed by atoms with Gasteiger partial charge in [0.25, 0.3) is 0 Å². The lowest BCUT2D eigenvalue weighted by molar-refractivity contribution is 0.607. The standard InChI is InChI=1S/C13H15ClN2O2S2/c1-9(10-7-13(14)19-8-10)15-11-3-5-12(6-4-11)16-20(2,17)18/h3-9,15-16H,1-2H3. The van der Waals surface area contributed by atoms with Gasteiger partial charge in [0.15, 0.2) is 0 Å². The van der Waals surface area contributed by atoms with Gasteiger partial charge >= 0.3 is 0 Å². The maximum absolute atomic E-state index is 11.1. The average molecular weight is 331 g/mol. The van der Waals surface area contributed by atoms with E-state index in [0.29, 0.717) is 5.69 Å². The number of hydrogen-bond donors (Lipinski definition) is 2. The Hall–Kier alpha value is -1.24. The molecule has 0 amide bonds. The zero-order valence-corrected chi connectivity index (χ0v) is 13.4. The first-order valence-electron chi connectivity index (χ1n) is 5.92. The fraction of sp³-hybridized carbons (Fsp3) is 0.231. The van der Waals surface area contributed by atoms with Crippen LogP contribution in [0.15, 0.2) is 35.7 Å². The van der Waals surface area contributed by atoms with Gasteiger partial charge in [0.1, 0.15) is 0 Å². The first-order chi connectivity index (χ1) is 9.33. The molecule has 2 N–H and O–H groups in total. The smallest absolute Gasteiger partial charge is 0.229 e. The van der Waals surface area contributed by atoms with E-state index < -0.39 is 10.0 Å². The number of hydrogen-bond acceptors (Lipinski definition) is 4. The lowest BCUT2D eigenvalue weighted by atomic mass is 10.1. The molecule has 108 valence electrons. The van der Waals surface area contributed by atoms with Crippen molar-refractivity contribution in [2.24, 2.45) is 0 Å². The van der Waals surface area contributed by atoms with Gasteiger partial charge in [-0.15, -0.1) is 11.3 Å². The van der Waals surface area contributed by atoms with Gasteiger partial charge in [-0.05, 0) is 48.2 Å². The molecule has 0 aliphatic rings. The van der Waals surface area contributed by atoms with Crippen LogP contribution in [-0.4, -0.2) is 14.7 Å². The van der Waals surface area contributed by atoms with E-state index in [4.69, 9.17) is 11.6 Å². The fourth-order valence-electron chi connectivity index (χ4n) is 1.73. The molecule has 4 nitrogen and oxygen atoms in total. The molecule has 2 aromatic rings. The van der Waals surface area contributed by atoms with Crippen molar-refractivity contribution >= 4 is 44.3 Å². The average Bonchev–Trinajstić information content (AvgIpc) is 2.77. The summed E-state index contributed by atoms with van der Waals surface area (Å²) in [6, 6.07) is 9.17. The van der Waals surface area contributed by atoms with Crippen LogP contribution in [0.5, 0.6) is 0 Å². The van der Waals surface area contributed by atoms with E-state index >= 15 is 0 Å². The topological polar surface area (TPSA) is 58.2 Å². The molecule has 0 saturated carbocycles. The van der Waals surface area contributed by atoms with E-state index in [-0.39, 0.29) is 6.04 Å². The number of halogens is 1. The van der Waals surface area contributed by atoms with Crippen molar-refractivity contribution in [1.29, 1.82) is 0 Å². The van der Waals surface area contributed by atoms with Crippen LogP contribution in [0.25, 0.3) is 0 Å². The summed E-state index contributed by atoms with van der Waals surface area (Å²) in [5, 5.41) is 5.35. The van der Waals surface area contributed by atoms with Crippen molar-refractivity contribution in [1.82, 2.24) is 0 Å². The number of benzene rings is 1. The van der Waals surface area contributed by atoms with Crippen LogP contribution in [-0.2, 0) is 10.0 Å². The minimum absolute atomic E-state index is 0.132. The molecule has 1 aromatic heterocycles. The highest BCUT2D eigenvalue weighted by atomic mass is 35.5. The monoisotopic (exact) mass is 330 g/mol. The van der Waals surface area contributed by atoms with Gasteiger partial charge in [-0.3, -0.25) is 4.72 Å². The molecule has 0 aliphatic heterocycles. The first-order valence-corrected chi connectivity index (χ1v) is 9.07. The van der Waals surface area contributed by atoms with Crippen LogP contribution in [0.3, 0.4) is 0 Å². The van der Waals surface area contributed by atoms with E-state index in [1.807, 2.05) is 30.5 Å². The van der Waals surface area contributed by atoms with Gasteiger partial charge in [0, 0.05) is 17.4 Å². The van der Waals surface area contributed by atoms with E-state index in [2.05, 4.69) is 10.0 Å². The van der Waals surface area contributed by atoms with Gasteiger partial charge in [-0.2, -0.15) is 0 Å². The number of anilines is 2. The molecule has 1 aromatic carbocycles. The van der Waals surface area contributed by atoms with Crippen LogP contribution in [0.1, 0.15) is 18.5 Å². The summed E-state index contributed by atoms with van der Waals surface area (Å²) in [7, 11) is -3.24. The van der Waals surface area contributed by atoms with Crippen molar-refractivity contribution in [3.63, 3.8) is 0 Å². The third-order valence-electron chi connectivity index (χ3n) is 2.66. The van der Waals surface area contributed by atoms with Crippen molar-refractivity contribution < 1.29 is 8.42 Å². The lowest BCUT2D eigenvalue weighted by Crippen LogP contribution is -2.09. The Bertz CT molecular complexity index is 681. The first kappa shape index (κ1) is 15.2. The minimum atomic E-state index is -3.24. The minimum Gasteiger partial charge on any atom is -0.378 e. The van der Waals surface area contributed by atoms with Crippen LogP contribution < -0.4 is 10.0 Å². The predicted octanol–water partition coefficient (Wildman–Crippen LogP) is 3.95. The van der Waals surface area contributed by atoms with Gasteiger partial charge in [-0.25, -0.2) is 8.42 Å². The van der Waals surface area contributed by atoms with Gasteiger partial charge in [-0.1, -0.05) is 11.6 Å². The maximum Gasteiger partial charge on any atom is 0.229 e. The molecule has 0 fully saturated rings. The second-order valence-electron chi connectivity index (χ2n) is 4.50. The van der Waals surface area contributed by atoms with Crippen LogP contribution in [0, 0.1) is 0 Å². The number of thiophene rings is 1.